The number of furan rings is 1. The van der Waals surface area contributed by atoms with Gasteiger partial charge in [0.05, 0.1) is 12.2 Å². The molecule has 1 fully saturated rings. The van der Waals surface area contributed by atoms with Crippen molar-refractivity contribution in [3.63, 3.8) is 0 Å². The number of nitrogens with one attached hydrogen (secondary N) is 2. The van der Waals surface area contributed by atoms with E-state index in [1.807, 2.05) is 0 Å². The van der Waals surface area contributed by atoms with Gasteiger partial charge in [0.25, 0.3) is 5.91 Å². The minimum Gasteiger partial charge on any atom is -0.481 e. The van der Waals surface area contributed by atoms with Crippen LogP contribution in [0.5, 0.6) is 0 Å². The second-order valence-electron chi connectivity index (χ2n) is 5.03. The lowest BCUT2D eigenvalue weighted by Gasteiger charge is -2.17. The fourth-order valence-corrected chi connectivity index (χ4v) is 2.49. The molecule has 1 aromatic heterocycles. The summed E-state index contributed by atoms with van der Waals surface area (Å²) in [6, 6.07) is 2.83. The van der Waals surface area contributed by atoms with Crippen molar-refractivity contribution in [2.24, 2.45) is 5.92 Å². The number of rotatable bonds is 6. The molecule has 2 atom stereocenters. The largest absolute Gasteiger partial charge is 0.481 e. The van der Waals surface area contributed by atoms with Crippen LogP contribution in [0.25, 0.3) is 0 Å². The summed E-state index contributed by atoms with van der Waals surface area (Å²) in [5.41, 5.74) is 0. The van der Waals surface area contributed by atoms with Crippen LogP contribution in [0.1, 0.15) is 36.2 Å². The summed E-state index contributed by atoms with van der Waals surface area (Å²) in [4.78, 5) is 34.3. The second-order valence-corrected chi connectivity index (χ2v) is 5.03. The summed E-state index contributed by atoms with van der Waals surface area (Å²) in [6.07, 6.45) is 3.58. The summed E-state index contributed by atoms with van der Waals surface area (Å²) in [5.74, 6) is -1.82. The lowest BCUT2D eigenvalue weighted by Crippen LogP contribution is -2.41. The second kappa shape index (κ2) is 6.92. The van der Waals surface area contributed by atoms with Crippen LogP contribution in [0, 0.1) is 5.92 Å². The van der Waals surface area contributed by atoms with Gasteiger partial charge in [0.15, 0.2) is 5.76 Å². The van der Waals surface area contributed by atoms with Gasteiger partial charge < -0.3 is 20.2 Å². The van der Waals surface area contributed by atoms with E-state index < -0.39 is 11.9 Å². The van der Waals surface area contributed by atoms with Crippen LogP contribution in [0.3, 0.4) is 0 Å². The third-order valence-corrected chi connectivity index (χ3v) is 3.56. The van der Waals surface area contributed by atoms with Gasteiger partial charge in [0.2, 0.25) is 5.91 Å². The molecule has 0 radical (unpaired) electrons. The Hall–Kier alpha value is -2.31. The molecule has 0 bridgehead atoms. The normalized spacial score (nSPS) is 21.0. The molecule has 7 nitrogen and oxygen atoms in total. The van der Waals surface area contributed by atoms with E-state index in [4.69, 9.17) is 9.52 Å². The van der Waals surface area contributed by atoms with Gasteiger partial charge in [-0.15, -0.1) is 0 Å². The zero-order chi connectivity index (χ0) is 15.2. The Morgan fingerprint density at radius 1 is 1.33 bits per heavy atom. The first-order valence-corrected chi connectivity index (χ1v) is 6.92. The standard InChI is InChI=1S/C14H18N2O5/c17-12(16-10-4-1-3-9(10)14(19)20)6-7-15-13(18)11-5-2-8-21-11/h2,5,8-10H,1,3-4,6-7H2,(H,15,18)(H,16,17)(H,19,20). The topological polar surface area (TPSA) is 109 Å². The summed E-state index contributed by atoms with van der Waals surface area (Å²) in [6.45, 7) is 0.176. The summed E-state index contributed by atoms with van der Waals surface area (Å²) in [7, 11) is 0. The molecule has 1 saturated carbocycles. The zero-order valence-corrected chi connectivity index (χ0v) is 11.5. The van der Waals surface area contributed by atoms with Gasteiger partial charge in [-0.1, -0.05) is 6.42 Å². The average Bonchev–Trinajstić information content (AvgIpc) is 3.09. The molecule has 0 aliphatic heterocycles. The molecule has 3 N–H and O–H groups in total. The van der Waals surface area contributed by atoms with Crippen molar-refractivity contribution in [1.82, 2.24) is 10.6 Å². The van der Waals surface area contributed by atoms with Crippen LogP contribution in [-0.2, 0) is 9.59 Å². The molecular formula is C14H18N2O5. The summed E-state index contributed by atoms with van der Waals surface area (Å²) in [5, 5.41) is 14.3. The fourth-order valence-electron chi connectivity index (χ4n) is 2.49. The third kappa shape index (κ3) is 4.08. The maximum atomic E-state index is 11.8. The van der Waals surface area contributed by atoms with E-state index in [0.29, 0.717) is 12.8 Å². The van der Waals surface area contributed by atoms with Gasteiger partial charge >= 0.3 is 5.97 Å². The smallest absolute Gasteiger partial charge is 0.308 e. The maximum Gasteiger partial charge on any atom is 0.308 e. The van der Waals surface area contributed by atoms with Gasteiger partial charge in [0, 0.05) is 19.0 Å². The molecular weight excluding hydrogens is 276 g/mol. The Morgan fingerprint density at radius 3 is 2.81 bits per heavy atom. The Kier molecular flexibility index (Phi) is 4.97. The van der Waals surface area contributed by atoms with E-state index in [2.05, 4.69) is 10.6 Å². The van der Waals surface area contributed by atoms with E-state index in [1.165, 1.54) is 12.3 Å². The Morgan fingerprint density at radius 2 is 2.14 bits per heavy atom. The highest BCUT2D eigenvalue weighted by molar-refractivity contribution is 5.91. The molecule has 7 heteroatoms. The van der Waals surface area contributed by atoms with E-state index in [9.17, 15) is 14.4 Å². The molecule has 114 valence electrons. The quantitative estimate of drug-likeness (QED) is 0.718. The number of hydrogen-bond acceptors (Lipinski definition) is 4. The number of carboxylic acids is 1. The first-order valence-electron chi connectivity index (χ1n) is 6.92. The van der Waals surface area contributed by atoms with Crippen LogP contribution < -0.4 is 10.6 Å². The number of carboxylic acid groups (broad SMARTS) is 1. The van der Waals surface area contributed by atoms with Crippen molar-refractivity contribution >= 4 is 17.8 Å². The van der Waals surface area contributed by atoms with Crippen LogP contribution in [0.15, 0.2) is 22.8 Å². The highest BCUT2D eigenvalue weighted by Crippen LogP contribution is 2.25. The molecule has 2 amide bonds. The van der Waals surface area contributed by atoms with Crippen molar-refractivity contribution in [2.45, 2.75) is 31.7 Å². The van der Waals surface area contributed by atoms with Gasteiger partial charge in [-0.2, -0.15) is 0 Å². The SMILES string of the molecule is O=C(CCNC(=O)c1ccco1)NC1CCCC1C(=O)O. The van der Waals surface area contributed by atoms with E-state index in [-0.39, 0.29) is 36.6 Å². The summed E-state index contributed by atoms with van der Waals surface area (Å²) < 4.78 is 4.92. The Bertz CT molecular complexity index is 511. The molecule has 1 aromatic rings. The van der Waals surface area contributed by atoms with Gasteiger partial charge in [0.1, 0.15) is 0 Å². The van der Waals surface area contributed by atoms with Crippen LogP contribution in [-0.4, -0.2) is 35.5 Å². The summed E-state index contributed by atoms with van der Waals surface area (Å²) >= 11 is 0. The molecule has 21 heavy (non-hydrogen) atoms. The lowest BCUT2D eigenvalue weighted by atomic mass is 10.0. The molecule has 0 saturated heterocycles. The zero-order valence-electron chi connectivity index (χ0n) is 11.5. The van der Waals surface area contributed by atoms with E-state index in [0.717, 1.165) is 6.42 Å². The van der Waals surface area contributed by atoms with Crippen molar-refractivity contribution < 1.29 is 23.9 Å². The molecule has 0 spiro atoms. The molecule has 2 rings (SSSR count). The number of hydrogen-bond donors (Lipinski definition) is 3. The first-order chi connectivity index (χ1) is 10.1. The molecule has 2 unspecified atom stereocenters. The molecule has 0 aromatic carbocycles. The van der Waals surface area contributed by atoms with E-state index >= 15 is 0 Å². The van der Waals surface area contributed by atoms with Crippen molar-refractivity contribution in [2.75, 3.05) is 6.54 Å². The Balaban J connectivity index is 1.70. The number of carbonyl (C=O) groups is 3. The average molecular weight is 294 g/mol. The fraction of sp³-hybridized carbons (Fsp3) is 0.500. The predicted octanol–water partition coefficient (Wildman–Crippen LogP) is 0.769. The highest BCUT2D eigenvalue weighted by Gasteiger charge is 2.33. The minimum absolute atomic E-state index is 0.106. The van der Waals surface area contributed by atoms with Crippen molar-refractivity contribution in [3.8, 4) is 0 Å². The van der Waals surface area contributed by atoms with Crippen molar-refractivity contribution in [3.05, 3.63) is 24.2 Å². The van der Waals surface area contributed by atoms with Crippen LogP contribution in [0.2, 0.25) is 0 Å². The van der Waals surface area contributed by atoms with Gasteiger partial charge in [-0.25, -0.2) is 0 Å². The molecule has 1 aliphatic carbocycles. The number of aliphatic carboxylic acids is 1. The predicted molar refractivity (Wildman–Crippen MR) is 72.6 cm³/mol. The van der Waals surface area contributed by atoms with E-state index in [1.54, 1.807) is 6.07 Å². The minimum atomic E-state index is -0.871. The monoisotopic (exact) mass is 294 g/mol. The number of amides is 2. The molecule has 1 aliphatic rings. The third-order valence-electron chi connectivity index (χ3n) is 3.56. The molecule has 1 heterocycles. The van der Waals surface area contributed by atoms with Crippen molar-refractivity contribution in [1.29, 1.82) is 0 Å². The maximum absolute atomic E-state index is 11.8. The van der Waals surface area contributed by atoms with Crippen LogP contribution >= 0.6 is 0 Å². The Labute approximate surface area is 121 Å². The first kappa shape index (κ1) is 15.1. The lowest BCUT2D eigenvalue weighted by molar-refractivity contribution is -0.142. The van der Waals surface area contributed by atoms with Crippen LogP contribution in [0.4, 0.5) is 0 Å². The number of carbonyl (C=O) groups excluding carboxylic acids is 2. The van der Waals surface area contributed by atoms with Gasteiger partial charge in [-0.05, 0) is 25.0 Å². The van der Waals surface area contributed by atoms with Gasteiger partial charge in [-0.3, -0.25) is 14.4 Å². The highest BCUT2D eigenvalue weighted by atomic mass is 16.4.